The van der Waals surface area contributed by atoms with Crippen molar-refractivity contribution in [2.75, 3.05) is 40.5 Å². The van der Waals surface area contributed by atoms with Gasteiger partial charge < -0.3 is 34.0 Å². The first-order chi connectivity index (χ1) is 19.6. The maximum absolute atomic E-state index is 13.2. The fraction of sp³-hybridized carbons (Fsp3) is 0.875. The van der Waals surface area contributed by atoms with E-state index in [1.807, 2.05) is 0 Å². The topological polar surface area (TPSA) is 116 Å². The molecule has 41 heavy (non-hydrogen) atoms. The Bertz CT molecular complexity index is 700. The van der Waals surface area contributed by atoms with E-state index in [0.29, 0.717) is 19.6 Å². The van der Waals surface area contributed by atoms with Gasteiger partial charge in [-0.2, -0.15) is 0 Å². The number of hydrogen-bond donors (Lipinski definition) is 4. The van der Waals surface area contributed by atoms with Crippen molar-refractivity contribution in [2.45, 2.75) is 141 Å². The zero-order valence-corrected chi connectivity index (χ0v) is 27.7. The number of rotatable bonds is 29. The molecule has 0 aromatic rings. The molecule has 4 N–H and O–H groups in total. The minimum Gasteiger partial charge on any atom is -0.388 e. The average molecular weight is 607 g/mol. The SMILES string of the molecule is CCCCCC/C=C\CCCC/C=C\CCCCOC[C@@H](O)COP(=O)(O)C(CCCCC)[N+](C)(C)CCC(O)O. The fourth-order valence-electron chi connectivity index (χ4n) is 4.78. The number of aliphatic hydroxyl groups excluding tert-OH is 2. The van der Waals surface area contributed by atoms with Crippen LogP contribution in [-0.4, -0.2) is 83.3 Å². The molecule has 0 heterocycles. The molecule has 2 unspecified atom stereocenters. The van der Waals surface area contributed by atoms with Gasteiger partial charge in [-0.3, -0.25) is 4.57 Å². The molecule has 0 aromatic carbocycles. The maximum atomic E-state index is 13.2. The molecular weight excluding hydrogens is 541 g/mol. The third-order valence-corrected chi connectivity index (χ3v) is 9.59. The lowest BCUT2D eigenvalue weighted by Crippen LogP contribution is -2.50. The maximum Gasteiger partial charge on any atom is 0.385 e. The monoisotopic (exact) mass is 606 g/mol. The Hall–Kier alpha value is -0.570. The summed E-state index contributed by atoms with van der Waals surface area (Å²) in [7, 11) is -0.472. The third kappa shape index (κ3) is 23.6. The molecule has 8 nitrogen and oxygen atoms in total. The first kappa shape index (κ1) is 40.4. The van der Waals surface area contributed by atoms with Crippen LogP contribution in [0.1, 0.15) is 123 Å². The van der Waals surface area contributed by atoms with Crippen molar-refractivity contribution in [1.29, 1.82) is 0 Å². The summed E-state index contributed by atoms with van der Waals surface area (Å²) in [5, 5.41) is 28.8. The van der Waals surface area contributed by atoms with E-state index in [1.165, 1.54) is 51.4 Å². The van der Waals surface area contributed by atoms with Crippen LogP contribution < -0.4 is 0 Å². The molecular formula is C32H65NO7P+. The minimum absolute atomic E-state index is 0.0540. The molecule has 0 saturated carbocycles. The predicted octanol–water partition coefficient (Wildman–Crippen LogP) is 7.06. The summed E-state index contributed by atoms with van der Waals surface area (Å²) in [6.07, 6.45) is 24.2. The first-order valence-electron chi connectivity index (χ1n) is 16.3. The molecule has 244 valence electrons. The van der Waals surface area contributed by atoms with Gasteiger partial charge in [0.25, 0.3) is 0 Å². The molecule has 0 aliphatic heterocycles. The molecule has 0 saturated heterocycles. The molecule has 0 fully saturated rings. The van der Waals surface area contributed by atoms with Gasteiger partial charge in [-0.1, -0.05) is 70.3 Å². The van der Waals surface area contributed by atoms with Crippen LogP contribution in [-0.2, 0) is 13.8 Å². The van der Waals surface area contributed by atoms with Gasteiger partial charge in [0, 0.05) is 19.4 Å². The highest BCUT2D eigenvalue weighted by Crippen LogP contribution is 2.52. The van der Waals surface area contributed by atoms with Crippen LogP contribution >= 0.6 is 7.60 Å². The molecule has 3 atom stereocenters. The number of hydrogen-bond acceptors (Lipinski definition) is 6. The van der Waals surface area contributed by atoms with Crippen molar-refractivity contribution in [3.05, 3.63) is 24.3 Å². The van der Waals surface area contributed by atoms with Crippen molar-refractivity contribution in [3.63, 3.8) is 0 Å². The van der Waals surface area contributed by atoms with Crippen LogP contribution in [0.25, 0.3) is 0 Å². The number of nitrogens with zero attached hydrogens (tertiary/aromatic N) is 1. The Balaban J connectivity index is 4.08. The molecule has 0 aliphatic rings. The zero-order chi connectivity index (χ0) is 30.8. The molecule has 0 amide bonds. The van der Waals surface area contributed by atoms with Crippen LogP contribution in [0.2, 0.25) is 0 Å². The molecule has 0 aromatic heterocycles. The summed E-state index contributed by atoms with van der Waals surface area (Å²) in [6.45, 7) is 4.93. The van der Waals surface area contributed by atoms with Crippen molar-refractivity contribution in [3.8, 4) is 0 Å². The van der Waals surface area contributed by atoms with Crippen LogP contribution in [0.3, 0.4) is 0 Å². The number of ether oxygens (including phenoxy) is 1. The standard InChI is InChI=1S/C32H64NO7P/c1-5-7-9-10-11-12-13-14-15-16-17-18-19-20-21-23-27-39-28-30(34)29-40-41(37,38)31(24-22-8-6-2)33(3,4)26-25-32(35)36/h12-13,18-19,30-32,34-36H,5-11,14-17,20-29H2,1-4H3/p+1/b13-12-,19-18-/t30-,31?/m1/s1. The summed E-state index contributed by atoms with van der Waals surface area (Å²) < 4.78 is 24.3. The summed E-state index contributed by atoms with van der Waals surface area (Å²) in [4.78, 5) is 10.8. The molecule has 0 rings (SSSR count). The second-order valence-electron chi connectivity index (χ2n) is 11.9. The lowest BCUT2D eigenvalue weighted by atomic mass is 10.1. The van der Waals surface area contributed by atoms with Gasteiger partial charge >= 0.3 is 7.60 Å². The van der Waals surface area contributed by atoms with Gasteiger partial charge in [-0.05, 0) is 64.2 Å². The van der Waals surface area contributed by atoms with Gasteiger partial charge in [0.2, 0.25) is 0 Å². The van der Waals surface area contributed by atoms with Gasteiger partial charge in [0.15, 0.2) is 12.1 Å². The van der Waals surface area contributed by atoms with E-state index in [4.69, 9.17) is 9.26 Å². The Kier molecular flexibility index (Phi) is 25.5. The molecule has 0 radical (unpaired) electrons. The van der Waals surface area contributed by atoms with Gasteiger partial charge in [-0.15, -0.1) is 0 Å². The third-order valence-electron chi connectivity index (χ3n) is 7.43. The van der Waals surface area contributed by atoms with Gasteiger partial charge in [0.1, 0.15) is 6.10 Å². The number of quaternary nitrogens is 1. The summed E-state index contributed by atoms with van der Waals surface area (Å²) in [6, 6.07) is 0. The van der Waals surface area contributed by atoms with E-state index in [-0.39, 0.29) is 24.1 Å². The molecule has 0 bridgehead atoms. The largest absolute Gasteiger partial charge is 0.388 e. The van der Waals surface area contributed by atoms with E-state index < -0.39 is 25.8 Å². The van der Waals surface area contributed by atoms with E-state index in [0.717, 1.165) is 44.9 Å². The summed E-state index contributed by atoms with van der Waals surface area (Å²) in [5.74, 6) is -0.712. The quantitative estimate of drug-likeness (QED) is 0.0237. The Labute approximate surface area is 252 Å². The van der Waals surface area contributed by atoms with Crippen LogP contribution in [0.4, 0.5) is 0 Å². The summed E-state index contributed by atoms with van der Waals surface area (Å²) >= 11 is 0. The van der Waals surface area contributed by atoms with E-state index in [1.54, 1.807) is 14.1 Å². The van der Waals surface area contributed by atoms with E-state index in [9.17, 15) is 24.8 Å². The number of aliphatic hydroxyl groups is 3. The first-order valence-corrected chi connectivity index (χ1v) is 17.9. The Morgan fingerprint density at radius 1 is 0.707 bits per heavy atom. The molecule has 0 aliphatic carbocycles. The fourth-order valence-corrected chi connectivity index (χ4v) is 6.75. The van der Waals surface area contributed by atoms with Gasteiger partial charge in [-0.25, -0.2) is 0 Å². The summed E-state index contributed by atoms with van der Waals surface area (Å²) in [5.41, 5.74) is 0. The normalized spacial score (nSPS) is 15.7. The average Bonchev–Trinajstić information content (AvgIpc) is 2.92. The predicted molar refractivity (Wildman–Crippen MR) is 170 cm³/mol. The van der Waals surface area contributed by atoms with Crippen molar-refractivity contribution in [2.24, 2.45) is 0 Å². The van der Waals surface area contributed by atoms with Crippen molar-refractivity contribution >= 4 is 7.60 Å². The Morgan fingerprint density at radius 2 is 1.22 bits per heavy atom. The van der Waals surface area contributed by atoms with Crippen LogP contribution in [0, 0.1) is 0 Å². The molecule has 9 heteroatoms. The smallest absolute Gasteiger partial charge is 0.385 e. The number of allylic oxidation sites excluding steroid dienone is 4. The highest BCUT2D eigenvalue weighted by Gasteiger charge is 2.44. The van der Waals surface area contributed by atoms with Gasteiger partial charge in [0.05, 0.1) is 33.9 Å². The van der Waals surface area contributed by atoms with Crippen molar-refractivity contribution in [1.82, 2.24) is 0 Å². The zero-order valence-electron chi connectivity index (χ0n) is 26.8. The lowest BCUT2D eigenvalue weighted by molar-refractivity contribution is -0.904. The molecule has 0 spiro atoms. The highest BCUT2D eigenvalue weighted by molar-refractivity contribution is 7.53. The van der Waals surface area contributed by atoms with E-state index >= 15 is 0 Å². The second kappa shape index (κ2) is 25.9. The van der Waals surface area contributed by atoms with Crippen molar-refractivity contribution < 1.29 is 38.5 Å². The Morgan fingerprint density at radius 3 is 1.76 bits per heavy atom. The van der Waals surface area contributed by atoms with E-state index in [2.05, 4.69) is 38.2 Å². The van der Waals surface area contributed by atoms with Crippen LogP contribution in [0.15, 0.2) is 24.3 Å². The number of unbranched alkanes of at least 4 members (excludes halogenated alkanes) is 11. The van der Waals surface area contributed by atoms with Crippen LogP contribution in [0.5, 0.6) is 0 Å². The second-order valence-corrected chi connectivity index (χ2v) is 13.9. The highest BCUT2D eigenvalue weighted by atomic mass is 31.2. The minimum atomic E-state index is -4.07. The lowest BCUT2D eigenvalue weighted by Gasteiger charge is -2.39.